The number of fused-ring (bicyclic) bond motifs is 3. The highest BCUT2D eigenvalue weighted by Crippen LogP contribution is 2.27. The number of benzene rings is 1. The molecule has 226 valence electrons. The van der Waals surface area contributed by atoms with E-state index in [9.17, 15) is 22.9 Å². The van der Waals surface area contributed by atoms with Crippen LogP contribution < -0.4 is 20.8 Å². The minimum absolute atomic E-state index is 0.0858. The maximum absolute atomic E-state index is 14.7. The molecule has 1 fully saturated rings. The highest BCUT2D eigenvalue weighted by molar-refractivity contribution is 7.90. The van der Waals surface area contributed by atoms with Gasteiger partial charge in [0.05, 0.1) is 30.3 Å². The molecule has 6 rings (SSSR count). The van der Waals surface area contributed by atoms with Crippen LogP contribution in [-0.4, -0.2) is 90.8 Å². The van der Waals surface area contributed by atoms with Crippen LogP contribution in [0.3, 0.4) is 0 Å². The number of carbonyl (C=O) groups is 1. The van der Waals surface area contributed by atoms with Crippen molar-refractivity contribution in [3.05, 3.63) is 57.4 Å². The van der Waals surface area contributed by atoms with Crippen molar-refractivity contribution in [1.82, 2.24) is 34.4 Å². The molecule has 0 unspecified atom stereocenters. The summed E-state index contributed by atoms with van der Waals surface area (Å²) in [5.41, 5.74) is 6.86. The smallest absolute Gasteiger partial charge is 0.309 e. The number of halogens is 2. The van der Waals surface area contributed by atoms with Crippen LogP contribution in [0, 0.1) is 11.6 Å². The topological polar surface area (TPSA) is 163 Å². The Morgan fingerprint density at radius 2 is 1.95 bits per heavy atom. The molecule has 1 saturated heterocycles. The minimum Gasteiger partial charge on any atom is -0.617 e. The number of hydrogen-bond donors (Lipinski definition) is 2. The quantitative estimate of drug-likeness (QED) is 0.228. The molecule has 17 heteroatoms. The molecular formula is C26H27F2N9O4S2. The SMILES string of the molecule is C[S@+]([O-])CCNC(=O)c1cc(N2CCN(CCn3c(=O)sc4c3nc(N)n3nc(-c5ccco5)nc43)CC2)c(F)cc1F. The van der Waals surface area contributed by atoms with Gasteiger partial charge in [-0.25, -0.2) is 13.8 Å². The lowest BCUT2D eigenvalue weighted by Crippen LogP contribution is -2.47. The van der Waals surface area contributed by atoms with Gasteiger partial charge in [0.25, 0.3) is 5.91 Å². The van der Waals surface area contributed by atoms with Gasteiger partial charge in [-0.1, -0.05) is 22.5 Å². The molecule has 0 saturated carbocycles. The molecule has 5 heterocycles. The summed E-state index contributed by atoms with van der Waals surface area (Å²) in [6, 6.07) is 5.38. The van der Waals surface area contributed by atoms with Crippen LogP contribution in [0.25, 0.3) is 27.6 Å². The second-order valence-corrected chi connectivity index (χ2v) is 12.5. The summed E-state index contributed by atoms with van der Waals surface area (Å²) < 4.78 is 49.3. The summed E-state index contributed by atoms with van der Waals surface area (Å²) in [6.07, 6.45) is 3.02. The first-order chi connectivity index (χ1) is 20.7. The normalized spacial score (nSPS) is 15.0. The number of carbonyl (C=O) groups excluding carboxylic acids is 1. The Morgan fingerprint density at radius 1 is 1.16 bits per heavy atom. The summed E-state index contributed by atoms with van der Waals surface area (Å²) in [7, 11) is 0. The van der Waals surface area contributed by atoms with Crippen molar-refractivity contribution >= 4 is 56.0 Å². The van der Waals surface area contributed by atoms with E-state index in [0.717, 1.165) is 11.3 Å². The van der Waals surface area contributed by atoms with Crippen LogP contribution in [0.4, 0.5) is 20.4 Å². The second-order valence-electron chi connectivity index (χ2n) is 9.94. The maximum atomic E-state index is 14.7. The largest absolute Gasteiger partial charge is 0.617 e. The molecule has 1 aliphatic heterocycles. The van der Waals surface area contributed by atoms with Crippen molar-refractivity contribution in [2.45, 2.75) is 6.54 Å². The summed E-state index contributed by atoms with van der Waals surface area (Å²) in [4.78, 5) is 38.1. The number of hydrogen-bond acceptors (Lipinski definition) is 11. The lowest BCUT2D eigenvalue weighted by molar-refractivity contribution is 0.0952. The van der Waals surface area contributed by atoms with Gasteiger partial charge >= 0.3 is 4.87 Å². The number of nitrogens with two attached hydrogens (primary N) is 1. The summed E-state index contributed by atoms with van der Waals surface area (Å²) >= 11 is -0.0961. The van der Waals surface area contributed by atoms with E-state index in [-0.39, 0.29) is 34.4 Å². The molecule has 0 aliphatic carbocycles. The third-order valence-electron chi connectivity index (χ3n) is 7.17. The number of thiazole rings is 1. The maximum Gasteiger partial charge on any atom is 0.309 e. The summed E-state index contributed by atoms with van der Waals surface area (Å²) in [5, 5.41) is 6.89. The third-order valence-corrected chi connectivity index (χ3v) is 8.91. The molecule has 0 radical (unpaired) electrons. The first kappa shape index (κ1) is 29.0. The van der Waals surface area contributed by atoms with Crippen LogP contribution >= 0.6 is 11.3 Å². The number of nitrogen functional groups attached to an aromatic ring is 1. The average Bonchev–Trinajstić information content (AvgIpc) is 3.72. The molecule has 1 aliphatic rings. The highest BCUT2D eigenvalue weighted by atomic mass is 32.2. The number of aromatic nitrogens is 5. The van der Waals surface area contributed by atoms with E-state index in [1.165, 1.54) is 23.1 Å². The van der Waals surface area contributed by atoms with Crippen molar-refractivity contribution in [1.29, 1.82) is 0 Å². The van der Waals surface area contributed by atoms with Gasteiger partial charge in [-0.3, -0.25) is 19.1 Å². The number of anilines is 2. The lowest BCUT2D eigenvalue weighted by atomic mass is 10.1. The van der Waals surface area contributed by atoms with Crippen molar-refractivity contribution in [3.8, 4) is 11.6 Å². The standard InChI is InChI=1S/C26H27F2N9O4S2/c1-43(40)12-4-30-24(38)15-13-18(17(28)14-16(15)27)35-8-5-34(6-9-35)7-10-36-22-20(42-26(36)39)23-31-21(19-3-2-11-41-19)33-37(23)25(29)32-22/h2-3,11,13-14H,4-10,12H2,1H3,(H2,29,32)(H,30,38)/t43-/m0/s1. The number of rotatable bonds is 9. The summed E-state index contributed by atoms with van der Waals surface area (Å²) in [5.74, 6) is -1.29. The molecular weight excluding hydrogens is 604 g/mol. The molecule has 1 amide bonds. The van der Waals surface area contributed by atoms with E-state index < -0.39 is 28.7 Å². The monoisotopic (exact) mass is 631 g/mol. The fraction of sp³-hybridized carbons (Fsp3) is 0.346. The Labute approximate surface area is 250 Å². The molecule has 0 bridgehead atoms. The van der Waals surface area contributed by atoms with E-state index in [4.69, 9.17) is 10.2 Å². The molecule has 4 aromatic heterocycles. The van der Waals surface area contributed by atoms with Crippen LogP contribution in [0.1, 0.15) is 10.4 Å². The van der Waals surface area contributed by atoms with E-state index in [2.05, 4.69) is 25.3 Å². The van der Waals surface area contributed by atoms with Gasteiger partial charge in [-0.2, -0.15) is 9.50 Å². The number of amides is 1. The Morgan fingerprint density at radius 3 is 2.67 bits per heavy atom. The number of nitrogens with zero attached hydrogens (tertiary/aromatic N) is 7. The fourth-order valence-corrected chi connectivity index (χ4v) is 6.27. The number of nitrogens with one attached hydrogen (secondary N) is 1. The predicted octanol–water partition coefficient (Wildman–Crippen LogP) is 1.55. The zero-order valence-electron chi connectivity index (χ0n) is 23.0. The van der Waals surface area contributed by atoms with Gasteiger partial charge in [0.1, 0.15) is 22.1 Å². The van der Waals surface area contributed by atoms with E-state index >= 15 is 0 Å². The molecule has 1 atom stereocenters. The Bertz CT molecular complexity index is 1850. The lowest BCUT2D eigenvalue weighted by Gasteiger charge is -2.36. The molecule has 1 aromatic carbocycles. The number of furan rings is 1. The van der Waals surface area contributed by atoms with E-state index in [1.54, 1.807) is 21.6 Å². The fourth-order valence-electron chi connectivity index (χ4n) is 4.95. The predicted molar refractivity (Wildman–Crippen MR) is 159 cm³/mol. The molecule has 5 aromatic rings. The van der Waals surface area contributed by atoms with E-state index in [0.29, 0.717) is 72.9 Å². The van der Waals surface area contributed by atoms with E-state index in [1.807, 2.05) is 0 Å². The zero-order valence-corrected chi connectivity index (χ0v) is 24.6. The van der Waals surface area contributed by atoms with Gasteiger partial charge in [0.15, 0.2) is 17.1 Å². The van der Waals surface area contributed by atoms with Crippen LogP contribution in [0.5, 0.6) is 0 Å². The first-order valence-corrected chi connectivity index (χ1v) is 15.9. The van der Waals surface area contributed by atoms with Crippen molar-refractivity contribution in [3.63, 3.8) is 0 Å². The number of piperazine rings is 1. The van der Waals surface area contributed by atoms with Crippen LogP contribution in [0.15, 0.2) is 39.7 Å². The van der Waals surface area contributed by atoms with Gasteiger partial charge in [-0.05, 0) is 18.2 Å². The van der Waals surface area contributed by atoms with Gasteiger partial charge in [0.2, 0.25) is 11.8 Å². The zero-order chi connectivity index (χ0) is 30.2. The van der Waals surface area contributed by atoms with Gasteiger partial charge < -0.3 is 24.9 Å². The summed E-state index contributed by atoms with van der Waals surface area (Å²) in [6.45, 7) is 2.94. The average molecular weight is 632 g/mol. The minimum atomic E-state index is -1.11. The van der Waals surface area contributed by atoms with Crippen LogP contribution in [0.2, 0.25) is 0 Å². The molecule has 43 heavy (non-hydrogen) atoms. The Kier molecular flexibility index (Phi) is 8.04. The first-order valence-electron chi connectivity index (χ1n) is 13.3. The van der Waals surface area contributed by atoms with Crippen molar-refractivity contribution in [2.24, 2.45) is 0 Å². The second kappa shape index (κ2) is 11.9. The van der Waals surface area contributed by atoms with Crippen molar-refractivity contribution < 1.29 is 22.5 Å². The van der Waals surface area contributed by atoms with Gasteiger partial charge in [-0.15, -0.1) is 5.10 Å². The Balaban J connectivity index is 1.13. The Hall–Kier alpha value is -4.06. The molecule has 13 nitrogen and oxygen atoms in total. The molecule has 0 spiro atoms. The highest BCUT2D eigenvalue weighted by Gasteiger charge is 2.24. The third kappa shape index (κ3) is 5.80. The van der Waals surface area contributed by atoms with Crippen LogP contribution in [-0.2, 0) is 17.7 Å². The molecule has 3 N–H and O–H groups in total. The van der Waals surface area contributed by atoms with Gasteiger partial charge in [0, 0.05) is 45.3 Å². The van der Waals surface area contributed by atoms with Crippen molar-refractivity contribution in [2.75, 3.05) is 61.9 Å².